The molecule has 102 valence electrons. The molecule has 1 heterocycles. The fourth-order valence-electron chi connectivity index (χ4n) is 2.07. The molecule has 0 spiro atoms. The lowest BCUT2D eigenvalue weighted by Crippen LogP contribution is -2.00. The molecule has 1 aliphatic heterocycles. The Morgan fingerprint density at radius 3 is 2.50 bits per heavy atom. The molecule has 0 saturated heterocycles. The third-order valence-corrected chi connectivity index (χ3v) is 4.98. The van der Waals surface area contributed by atoms with Gasteiger partial charge < -0.3 is 4.52 Å². The summed E-state index contributed by atoms with van der Waals surface area (Å²) in [5.74, 6) is 1.85. The number of benzene rings is 2. The van der Waals surface area contributed by atoms with Crippen LogP contribution in [0.2, 0.25) is 10.0 Å². The molecule has 0 aromatic heterocycles. The highest BCUT2D eigenvalue weighted by Gasteiger charge is 2.29. The third kappa shape index (κ3) is 2.62. The topological polar surface area (TPSA) is 26.3 Å². The van der Waals surface area contributed by atoms with Gasteiger partial charge in [0.1, 0.15) is 5.75 Å². The molecule has 1 atom stereocenters. The summed E-state index contributed by atoms with van der Waals surface area (Å²) in [6, 6.07) is 12.3. The van der Waals surface area contributed by atoms with E-state index in [0.717, 1.165) is 11.1 Å². The van der Waals surface area contributed by atoms with Crippen LogP contribution in [0.25, 0.3) is 5.57 Å². The second-order valence-corrected chi connectivity index (χ2v) is 8.02. The second kappa shape index (κ2) is 5.13. The molecule has 2 nitrogen and oxygen atoms in total. The minimum atomic E-state index is -3.37. The highest BCUT2D eigenvalue weighted by Crippen LogP contribution is 2.61. The Hall–Kier alpha value is -0.920. The predicted molar refractivity (Wildman–Crippen MR) is 84.1 cm³/mol. The zero-order valence-electron chi connectivity index (χ0n) is 10.0. The van der Waals surface area contributed by atoms with E-state index >= 15 is 0 Å². The fraction of sp³-hybridized carbons (Fsp3) is 0. The minimum Gasteiger partial charge on any atom is -0.429 e. The Kier molecular flexibility index (Phi) is 3.60. The van der Waals surface area contributed by atoms with Gasteiger partial charge in [0.2, 0.25) is 0 Å². The van der Waals surface area contributed by atoms with Gasteiger partial charge in [0.05, 0.1) is 0 Å². The van der Waals surface area contributed by atoms with E-state index in [1.54, 1.807) is 24.3 Å². The van der Waals surface area contributed by atoms with Crippen molar-refractivity contribution < 1.29 is 9.09 Å². The number of hydrogen-bond acceptors (Lipinski definition) is 2. The summed E-state index contributed by atoms with van der Waals surface area (Å²) in [7, 11) is 0. The van der Waals surface area contributed by atoms with Crippen LogP contribution in [0.3, 0.4) is 0 Å². The van der Waals surface area contributed by atoms with Gasteiger partial charge in [0.15, 0.2) is 0 Å². The molecule has 1 unspecified atom stereocenters. The predicted octanol–water partition coefficient (Wildman–Crippen LogP) is 6.21. The SMILES string of the molecule is O=P1(Cl)C=C(c2ccccc2Cl)c2cc(Cl)ccc2O1. The van der Waals surface area contributed by atoms with Crippen molar-refractivity contribution in [2.75, 3.05) is 0 Å². The van der Waals surface area contributed by atoms with Gasteiger partial charge in [-0.05, 0) is 35.5 Å². The van der Waals surface area contributed by atoms with E-state index in [9.17, 15) is 4.57 Å². The van der Waals surface area contributed by atoms with Crippen molar-refractivity contribution in [1.82, 2.24) is 0 Å². The Bertz CT molecular complexity index is 771. The summed E-state index contributed by atoms with van der Waals surface area (Å²) in [6.45, 7) is -3.37. The summed E-state index contributed by atoms with van der Waals surface area (Å²) in [5.41, 5.74) is 2.12. The van der Waals surface area contributed by atoms with Gasteiger partial charge in [-0.25, -0.2) is 0 Å². The molecule has 20 heavy (non-hydrogen) atoms. The van der Waals surface area contributed by atoms with E-state index in [1.165, 1.54) is 5.82 Å². The van der Waals surface area contributed by atoms with E-state index in [0.29, 0.717) is 21.4 Å². The van der Waals surface area contributed by atoms with Crippen LogP contribution in [-0.2, 0) is 4.57 Å². The second-order valence-electron chi connectivity index (χ2n) is 4.28. The first-order valence-electron chi connectivity index (χ1n) is 5.73. The summed E-state index contributed by atoms with van der Waals surface area (Å²) in [5, 5.41) is 1.10. The molecule has 0 fully saturated rings. The largest absolute Gasteiger partial charge is 0.429 e. The molecule has 2 aromatic rings. The summed E-state index contributed by atoms with van der Waals surface area (Å²) < 4.78 is 17.5. The number of fused-ring (bicyclic) bond motifs is 1. The highest BCUT2D eigenvalue weighted by atomic mass is 35.7. The monoisotopic (exact) mass is 344 g/mol. The van der Waals surface area contributed by atoms with Gasteiger partial charge >= 0.3 is 6.72 Å². The van der Waals surface area contributed by atoms with E-state index in [4.69, 9.17) is 39.0 Å². The Morgan fingerprint density at radius 2 is 1.75 bits per heavy atom. The highest BCUT2D eigenvalue weighted by molar-refractivity contribution is 7.88. The zero-order chi connectivity index (χ0) is 14.3. The molecule has 0 aliphatic carbocycles. The maximum atomic E-state index is 12.2. The molecule has 0 N–H and O–H groups in total. The van der Waals surface area contributed by atoms with Crippen LogP contribution in [0.5, 0.6) is 5.75 Å². The van der Waals surface area contributed by atoms with Gasteiger partial charge in [-0.2, -0.15) is 0 Å². The van der Waals surface area contributed by atoms with Crippen molar-refractivity contribution in [2.24, 2.45) is 0 Å². The van der Waals surface area contributed by atoms with E-state index in [1.807, 2.05) is 18.2 Å². The first-order valence-corrected chi connectivity index (χ1v) is 9.08. The summed E-state index contributed by atoms with van der Waals surface area (Å²) in [6.07, 6.45) is 0. The van der Waals surface area contributed by atoms with Crippen molar-refractivity contribution in [3.05, 3.63) is 69.5 Å². The molecule has 0 amide bonds. The van der Waals surface area contributed by atoms with Crippen molar-refractivity contribution in [3.63, 3.8) is 0 Å². The normalized spacial score (nSPS) is 20.9. The van der Waals surface area contributed by atoms with Crippen LogP contribution >= 0.6 is 41.2 Å². The summed E-state index contributed by atoms with van der Waals surface area (Å²) >= 11 is 18.1. The van der Waals surface area contributed by atoms with Crippen LogP contribution in [0.1, 0.15) is 11.1 Å². The maximum absolute atomic E-state index is 12.2. The molecular weight excluding hydrogens is 337 g/mol. The lowest BCUT2D eigenvalue weighted by Gasteiger charge is -2.22. The summed E-state index contributed by atoms with van der Waals surface area (Å²) in [4.78, 5) is 0. The van der Waals surface area contributed by atoms with Crippen molar-refractivity contribution in [3.8, 4) is 5.75 Å². The van der Waals surface area contributed by atoms with E-state index in [-0.39, 0.29) is 0 Å². The molecule has 2 aromatic carbocycles. The Balaban J connectivity index is 2.28. The van der Waals surface area contributed by atoms with Crippen LogP contribution in [0.4, 0.5) is 0 Å². The first kappa shape index (κ1) is 14.0. The van der Waals surface area contributed by atoms with Gasteiger partial charge in [0, 0.05) is 32.6 Å². The lowest BCUT2D eigenvalue weighted by atomic mass is 9.98. The standard InChI is InChI=1S/C14H8Cl3O2P/c15-9-5-6-14-11(7-9)12(8-20(17,18)19-14)10-3-1-2-4-13(10)16/h1-8H. The Labute approximate surface area is 131 Å². The van der Waals surface area contributed by atoms with E-state index < -0.39 is 6.72 Å². The zero-order valence-corrected chi connectivity index (χ0v) is 13.2. The first-order chi connectivity index (χ1) is 9.46. The van der Waals surface area contributed by atoms with E-state index in [2.05, 4.69) is 0 Å². The van der Waals surface area contributed by atoms with Crippen molar-refractivity contribution >= 4 is 46.7 Å². The molecule has 0 radical (unpaired) electrons. The van der Waals surface area contributed by atoms with Crippen LogP contribution in [-0.4, -0.2) is 0 Å². The average molecular weight is 346 g/mol. The van der Waals surface area contributed by atoms with Crippen molar-refractivity contribution in [2.45, 2.75) is 0 Å². The molecule has 0 bridgehead atoms. The van der Waals surface area contributed by atoms with Gasteiger partial charge in [-0.3, -0.25) is 4.57 Å². The number of rotatable bonds is 1. The van der Waals surface area contributed by atoms with Crippen LogP contribution < -0.4 is 4.52 Å². The van der Waals surface area contributed by atoms with Gasteiger partial charge in [-0.1, -0.05) is 41.4 Å². The molecule has 0 saturated carbocycles. The maximum Gasteiger partial charge on any atom is 0.360 e. The minimum absolute atomic E-state index is 0.435. The smallest absolute Gasteiger partial charge is 0.360 e. The number of halogens is 3. The molecular formula is C14H8Cl3O2P. The lowest BCUT2D eigenvalue weighted by molar-refractivity contribution is 0.504. The molecule has 6 heteroatoms. The van der Waals surface area contributed by atoms with Crippen LogP contribution in [0.15, 0.2) is 48.3 Å². The quantitative estimate of drug-likeness (QED) is 0.575. The third-order valence-electron chi connectivity index (χ3n) is 2.90. The molecule has 3 rings (SSSR count). The van der Waals surface area contributed by atoms with Gasteiger partial charge in [-0.15, -0.1) is 0 Å². The Morgan fingerprint density at radius 1 is 1.00 bits per heavy atom. The van der Waals surface area contributed by atoms with Crippen molar-refractivity contribution in [1.29, 1.82) is 0 Å². The van der Waals surface area contributed by atoms with Gasteiger partial charge in [0.25, 0.3) is 0 Å². The van der Waals surface area contributed by atoms with Crippen LogP contribution in [0, 0.1) is 0 Å². The fourth-order valence-corrected chi connectivity index (χ4v) is 4.06. The number of hydrogen-bond donors (Lipinski definition) is 0. The molecule has 1 aliphatic rings. The average Bonchev–Trinajstić information content (AvgIpc) is 2.38.